The number of benzene rings is 1. The molecular weight excluding hydrogens is 345 g/mol. The van der Waals surface area contributed by atoms with Crippen molar-refractivity contribution in [1.82, 2.24) is 4.90 Å². The summed E-state index contributed by atoms with van der Waals surface area (Å²) in [5, 5.41) is 10.0. The molecule has 0 aliphatic carbocycles. The van der Waals surface area contributed by atoms with E-state index in [0.717, 1.165) is 0 Å². The molecule has 3 unspecified atom stereocenters. The predicted octanol–water partition coefficient (Wildman–Crippen LogP) is 2.46. The monoisotopic (exact) mass is 361 g/mol. The van der Waals surface area contributed by atoms with E-state index in [9.17, 15) is 14.7 Å². The second-order valence-corrected chi connectivity index (χ2v) is 6.18. The molecule has 0 saturated carbocycles. The van der Waals surface area contributed by atoms with Gasteiger partial charge in [0.1, 0.15) is 11.8 Å². The molecule has 1 aromatic rings. The van der Waals surface area contributed by atoms with E-state index in [-0.39, 0.29) is 19.1 Å². The van der Waals surface area contributed by atoms with Gasteiger partial charge in [-0.3, -0.25) is 4.79 Å². The largest absolute Gasteiger partial charge is 0.481 e. The van der Waals surface area contributed by atoms with Crippen LogP contribution in [0.4, 0.5) is 0 Å². The Kier molecular flexibility index (Phi) is 5.73. The SMILES string of the molecule is COC1CC(C(=O)O)N(C(=O)C(C)Oc2cc(Cl)cc(Cl)c2)C1. The van der Waals surface area contributed by atoms with Crippen LogP contribution in [0, 0.1) is 0 Å². The summed E-state index contributed by atoms with van der Waals surface area (Å²) in [6.45, 7) is 1.77. The molecule has 1 N–H and O–H groups in total. The fraction of sp³-hybridized carbons (Fsp3) is 0.467. The van der Waals surface area contributed by atoms with Crippen LogP contribution in [0.1, 0.15) is 13.3 Å². The first-order valence-corrected chi connectivity index (χ1v) is 7.76. The molecule has 23 heavy (non-hydrogen) atoms. The number of aliphatic carboxylic acids is 1. The van der Waals surface area contributed by atoms with Crippen LogP contribution in [0.15, 0.2) is 18.2 Å². The molecule has 1 aliphatic rings. The second-order valence-electron chi connectivity index (χ2n) is 5.30. The van der Waals surface area contributed by atoms with Gasteiger partial charge in [0, 0.05) is 30.1 Å². The Morgan fingerprint density at radius 1 is 1.30 bits per heavy atom. The third-order valence-corrected chi connectivity index (χ3v) is 4.10. The lowest BCUT2D eigenvalue weighted by Gasteiger charge is -2.25. The number of likely N-dealkylation sites (tertiary alicyclic amines) is 1. The number of carbonyl (C=O) groups is 2. The van der Waals surface area contributed by atoms with Crippen molar-refractivity contribution in [3.05, 3.63) is 28.2 Å². The summed E-state index contributed by atoms with van der Waals surface area (Å²) >= 11 is 11.8. The summed E-state index contributed by atoms with van der Waals surface area (Å²) in [7, 11) is 1.49. The van der Waals surface area contributed by atoms with E-state index < -0.39 is 24.0 Å². The summed E-state index contributed by atoms with van der Waals surface area (Å²) < 4.78 is 10.7. The number of hydrogen-bond donors (Lipinski definition) is 1. The molecular formula is C15H17Cl2NO5. The van der Waals surface area contributed by atoms with Crippen molar-refractivity contribution in [2.45, 2.75) is 31.6 Å². The van der Waals surface area contributed by atoms with E-state index in [2.05, 4.69) is 0 Å². The van der Waals surface area contributed by atoms with Gasteiger partial charge in [-0.25, -0.2) is 4.79 Å². The van der Waals surface area contributed by atoms with Crippen molar-refractivity contribution < 1.29 is 24.2 Å². The van der Waals surface area contributed by atoms with Crippen molar-refractivity contribution in [2.24, 2.45) is 0 Å². The Morgan fingerprint density at radius 2 is 1.91 bits per heavy atom. The van der Waals surface area contributed by atoms with Gasteiger partial charge in [-0.2, -0.15) is 0 Å². The highest BCUT2D eigenvalue weighted by atomic mass is 35.5. The van der Waals surface area contributed by atoms with Crippen LogP contribution in [0.5, 0.6) is 5.75 Å². The standard InChI is InChI=1S/C15H17Cl2NO5/c1-8(23-11-4-9(16)3-10(17)5-11)14(19)18-7-12(22-2)6-13(18)15(20)21/h3-5,8,12-13H,6-7H2,1-2H3,(H,20,21). The molecule has 8 heteroatoms. The van der Waals surface area contributed by atoms with E-state index in [0.29, 0.717) is 15.8 Å². The van der Waals surface area contributed by atoms with Crippen LogP contribution in [0.25, 0.3) is 0 Å². The van der Waals surface area contributed by atoms with Crippen LogP contribution in [-0.4, -0.2) is 53.8 Å². The fourth-order valence-electron chi connectivity index (χ4n) is 2.53. The number of carboxylic acid groups (broad SMARTS) is 1. The van der Waals surface area contributed by atoms with Crippen LogP contribution in [0.2, 0.25) is 10.0 Å². The lowest BCUT2D eigenvalue weighted by molar-refractivity contribution is -0.150. The van der Waals surface area contributed by atoms with E-state index >= 15 is 0 Å². The van der Waals surface area contributed by atoms with Crippen molar-refractivity contribution in [3.63, 3.8) is 0 Å². The fourth-order valence-corrected chi connectivity index (χ4v) is 3.04. The second kappa shape index (κ2) is 7.38. The Balaban J connectivity index is 2.10. The zero-order valence-electron chi connectivity index (χ0n) is 12.7. The van der Waals surface area contributed by atoms with E-state index in [1.54, 1.807) is 13.0 Å². The summed E-state index contributed by atoms with van der Waals surface area (Å²) in [5.74, 6) is -1.14. The van der Waals surface area contributed by atoms with Crippen LogP contribution in [-0.2, 0) is 14.3 Å². The molecule has 1 saturated heterocycles. The van der Waals surface area contributed by atoms with E-state index in [4.69, 9.17) is 32.7 Å². The smallest absolute Gasteiger partial charge is 0.326 e. The van der Waals surface area contributed by atoms with Crippen molar-refractivity contribution in [1.29, 1.82) is 0 Å². The normalized spacial score (nSPS) is 22.0. The molecule has 3 atom stereocenters. The first-order valence-electron chi connectivity index (χ1n) is 7.00. The molecule has 0 radical (unpaired) electrons. The van der Waals surface area contributed by atoms with Gasteiger partial charge < -0.3 is 19.5 Å². The molecule has 2 rings (SSSR count). The number of hydrogen-bond acceptors (Lipinski definition) is 4. The van der Waals surface area contributed by atoms with Gasteiger partial charge in [0.05, 0.1) is 6.10 Å². The number of ether oxygens (including phenoxy) is 2. The van der Waals surface area contributed by atoms with Gasteiger partial charge in [-0.1, -0.05) is 23.2 Å². The van der Waals surface area contributed by atoms with Crippen LogP contribution >= 0.6 is 23.2 Å². The summed E-state index contributed by atoms with van der Waals surface area (Å²) in [5.41, 5.74) is 0. The zero-order valence-corrected chi connectivity index (χ0v) is 14.2. The Bertz CT molecular complexity index is 589. The first-order chi connectivity index (χ1) is 10.8. The topological polar surface area (TPSA) is 76.1 Å². The molecule has 1 aromatic carbocycles. The minimum absolute atomic E-state index is 0.219. The minimum Gasteiger partial charge on any atom is -0.481 e. The highest BCUT2D eigenvalue weighted by Gasteiger charge is 2.41. The van der Waals surface area contributed by atoms with Crippen molar-refractivity contribution in [2.75, 3.05) is 13.7 Å². The van der Waals surface area contributed by atoms with Gasteiger partial charge in [0.15, 0.2) is 6.10 Å². The maximum Gasteiger partial charge on any atom is 0.326 e. The van der Waals surface area contributed by atoms with Gasteiger partial charge in [-0.15, -0.1) is 0 Å². The molecule has 1 fully saturated rings. The Morgan fingerprint density at radius 3 is 2.43 bits per heavy atom. The third kappa shape index (κ3) is 4.28. The van der Waals surface area contributed by atoms with E-state index in [1.807, 2.05) is 0 Å². The quantitative estimate of drug-likeness (QED) is 0.871. The summed E-state index contributed by atoms with van der Waals surface area (Å²) in [4.78, 5) is 25.1. The maximum absolute atomic E-state index is 12.5. The molecule has 6 nitrogen and oxygen atoms in total. The molecule has 0 bridgehead atoms. The number of methoxy groups -OCH3 is 1. The predicted molar refractivity (Wildman–Crippen MR) is 85.1 cm³/mol. The van der Waals surface area contributed by atoms with Crippen molar-refractivity contribution in [3.8, 4) is 5.75 Å². The molecule has 0 spiro atoms. The number of amides is 1. The number of carbonyl (C=O) groups excluding carboxylic acids is 1. The van der Waals surface area contributed by atoms with Crippen LogP contribution in [0.3, 0.4) is 0 Å². The Hall–Kier alpha value is -1.50. The average molecular weight is 362 g/mol. The highest BCUT2D eigenvalue weighted by Crippen LogP contribution is 2.26. The highest BCUT2D eigenvalue weighted by molar-refractivity contribution is 6.34. The van der Waals surface area contributed by atoms with Gasteiger partial charge >= 0.3 is 5.97 Å². The Labute approximate surface area is 143 Å². The molecule has 0 aromatic heterocycles. The third-order valence-electron chi connectivity index (χ3n) is 3.66. The molecule has 1 amide bonds. The molecule has 1 aliphatic heterocycles. The number of rotatable bonds is 5. The van der Waals surface area contributed by atoms with Crippen molar-refractivity contribution >= 4 is 35.1 Å². The average Bonchev–Trinajstić information content (AvgIpc) is 2.89. The van der Waals surface area contributed by atoms with Crippen LogP contribution < -0.4 is 4.74 Å². The lowest BCUT2D eigenvalue weighted by Crippen LogP contribution is -2.46. The minimum atomic E-state index is -1.06. The van der Waals surface area contributed by atoms with Gasteiger partial charge in [0.25, 0.3) is 5.91 Å². The molecule has 126 valence electrons. The first kappa shape index (κ1) is 17.8. The number of halogens is 2. The number of carboxylic acids is 1. The maximum atomic E-state index is 12.5. The molecule has 1 heterocycles. The van der Waals surface area contributed by atoms with Gasteiger partial charge in [0.2, 0.25) is 0 Å². The summed E-state index contributed by atoms with van der Waals surface area (Å²) in [6, 6.07) is 3.70. The number of nitrogens with zero attached hydrogens (tertiary/aromatic N) is 1. The van der Waals surface area contributed by atoms with Gasteiger partial charge in [-0.05, 0) is 25.1 Å². The van der Waals surface area contributed by atoms with E-state index in [1.165, 1.54) is 24.1 Å². The zero-order chi connectivity index (χ0) is 17.1. The summed E-state index contributed by atoms with van der Waals surface area (Å²) in [6.07, 6.45) is -0.914. The lowest BCUT2D eigenvalue weighted by atomic mass is 10.2.